The topological polar surface area (TPSA) is 9.23 Å². The van der Waals surface area contributed by atoms with Gasteiger partial charge in [0.25, 0.3) is 0 Å². The molecule has 0 bridgehead atoms. The number of benzene rings is 5. The second kappa shape index (κ2) is 6.94. The summed E-state index contributed by atoms with van der Waals surface area (Å²) in [4.78, 5) is 0. The molecular formula is C31H19BrO. The Morgan fingerprint density at radius 3 is 2.21 bits per heavy atom. The molecule has 0 radical (unpaired) electrons. The zero-order valence-corrected chi connectivity index (χ0v) is 19.3. The molecule has 5 aromatic carbocycles. The molecule has 1 aliphatic carbocycles. The molecule has 7 rings (SSSR count). The van der Waals surface area contributed by atoms with Crippen LogP contribution in [0.15, 0.2) is 108 Å². The molecule has 0 amide bonds. The van der Waals surface area contributed by atoms with E-state index in [0.717, 1.165) is 21.4 Å². The summed E-state index contributed by atoms with van der Waals surface area (Å²) in [5, 5.41) is 2.32. The zero-order chi connectivity index (χ0) is 22.0. The Bertz CT molecular complexity index is 1610. The Hall–Kier alpha value is -3.62. The van der Waals surface area contributed by atoms with E-state index in [-0.39, 0.29) is 0 Å². The third-order valence-corrected chi connectivity index (χ3v) is 7.50. The number of halogens is 1. The van der Waals surface area contributed by atoms with Crippen molar-refractivity contribution < 1.29 is 4.74 Å². The fourth-order valence-corrected chi connectivity index (χ4v) is 6.05. The van der Waals surface area contributed by atoms with Crippen LogP contribution in [0.5, 0.6) is 11.5 Å². The van der Waals surface area contributed by atoms with Gasteiger partial charge in [0.15, 0.2) is 0 Å². The molecule has 0 N–H and O–H groups in total. The molecule has 1 atom stereocenters. The van der Waals surface area contributed by atoms with E-state index < -0.39 is 5.41 Å². The van der Waals surface area contributed by atoms with Crippen molar-refractivity contribution in [2.45, 2.75) is 5.41 Å². The van der Waals surface area contributed by atoms with Crippen molar-refractivity contribution in [2.24, 2.45) is 0 Å². The molecule has 0 aromatic heterocycles. The van der Waals surface area contributed by atoms with E-state index in [1.54, 1.807) is 0 Å². The molecule has 0 fully saturated rings. The van der Waals surface area contributed by atoms with Crippen LogP contribution < -0.4 is 4.74 Å². The number of hydrogen-bond donors (Lipinski definition) is 0. The summed E-state index contributed by atoms with van der Waals surface area (Å²) < 4.78 is 7.76. The van der Waals surface area contributed by atoms with Gasteiger partial charge in [-0.1, -0.05) is 113 Å². The van der Waals surface area contributed by atoms with Crippen molar-refractivity contribution >= 4 is 38.9 Å². The van der Waals surface area contributed by atoms with E-state index in [2.05, 4.69) is 131 Å². The van der Waals surface area contributed by atoms with Crippen molar-refractivity contribution in [1.82, 2.24) is 0 Å². The lowest BCUT2D eigenvalue weighted by atomic mass is 9.62. The maximum atomic E-state index is 6.68. The van der Waals surface area contributed by atoms with Crippen molar-refractivity contribution in [3.8, 4) is 11.5 Å². The predicted molar refractivity (Wildman–Crippen MR) is 139 cm³/mol. The Morgan fingerprint density at radius 2 is 1.27 bits per heavy atom. The second-order valence-corrected chi connectivity index (χ2v) is 9.58. The molecule has 33 heavy (non-hydrogen) atoms. The molecule has 5 aromatic rings. The molecular weight excluding hydrogens is 468 g/mol. The van der Waals surface area contributed by atoms with Crippen LogP contribution in [-0.2, 0) is 5.41 Å². The fourth-order valence-electron chi connectivity index (χ4n) is 5.67. The molecule has 2 aliphatic rings. The largest absolute Gasteiger partial charge is 0.456 e. The third kappa shape index (κ3) is 2.53. The van der Waals surface area contributed by atoms with Crippen LogP contribution in [0.2, 0.25) is 0 Å². The average molecular weight is 487 g/mol. The Labute approximate surface area is 201 Å². The lowest BCUT2D eigenvalue weighted by Crippen LogP contribution is -2.35. The quantitative estimate of drug-likeness (QED) is 0.208. The summed E-state index contributed by atoms with van der Waals surface area (Å²) in [6, 6.07) is 36.9. The summed E-state index contributed by atoms with van der Waals surface area (Å²) in [5.41, 5.74) is 6.82. The normalized spacial score (nSPS) is 17.5. The van der Waals surface area contributed by atoms with Gasteiger partial charge in [0.1, 0.15) is 11.5 Å². The van der Waals surface area contributed by atoms with Gasteiger partial charge < -0.3 is 4.74 Å². The van der Waals surface area contributed by atoms with Crippen molar-refractivity contribution in [2.75, 3.05) is 0 Å². The van der Waals surface area contributed by atoms with Gasteiger partial charge in [0.2, 0.25) is 0 Å². The highest BCUT2D eigenvalue weighted by atomic mass is 79.9. The molecule has 1 unspecified atom stereocenters. The molecule has 1 nitrogen and oxygen atoms in total. The zero-order valence-electron chi connectivity index (χ0n) is 17.8. The van der Waals surface area contributed by atoms with Crippen molar-refractivity contribution in [3.05, 3.63) is 141 Å². The average Bonchev–Trinajstić information content (AvgIpc) is 3.00. The van der Waals surface area contributed by atoms with Crippen LogP contribution in [0.3, 0.4) is 0 Å². The van der Waals surface area contributed by atoms with Crippen molar-refractivity contribution in [1.29, 1.82) is 0 Å². The SMILES string of the molecule is Brc1ccc2c(c1)C=Cc1ccccc1C21c2ccccc2Oc2c1ccc1ccccc21. The lowest BCUT2D eigenvalue weighted by Gasteiger charge is -2.42. The first-order chi connectivity index (χ1) is 16.3. The second-order valence-electron chi connectivity index (χ2n) is 8.66. The highest BCUT2D eigenvalue weighted by Crippen LogP contribution is 2.58. The summed E-state index contributed by atoms with van der Waals surface area (Å²) in [6.45, 7) is 0. The van der Waals surface area contributed by atoms with E-state index in [0.29, 0.717) is 0 Å². The van der Waals surface area contributed by atoms with Gasteiger partial charge in [-0.25, -0.2) is 0 Å². The Kier molecular flexibility index (Phi) is 3.97. The standard InChI is InChI=1S/C31H19BrO/c32-23-16-18-26-22(19-23)14-13-21-8-2-4-10-25(21)31(26)27-11-5-6-12-29(27)33-30-24-9-3-1-7-20(24)15-17-28(30)31/h1-19H. The van der Waals surface area contributed by atoms with Crippen LogP contribution in [-0.4, -0.2) is 0 Å². The van der Waals surface area contributed by atoms with E-state index in [4.69, 9.17) is 4.74 Å². The number of fused-ring (bicyclic) bond motifs is 10. The van der Waals surface area contributed by atoms with Gasteiger partial charge in [-0.05, 0) is 45.8 Å². The fraction of sp³-hybridized carbons (Fsp3) is 0.0323. The van der Waals surface area contributed by atoms with Gasteiger partial charge in [-0.2, -0.15) is 0 Å². The number of rotatable bonds is 0. The van der Waals surface area contributed by atoms with Crippen LogP contribution in [0.1, 0.15) is 33.4 Å². The minimum atomic E-state index is -0.496. The summed E-state index contributed by atoms with van der Waals surface area (Å²) in [7, 11) is 0. The van der Waals surface area contributed by atoms with Gasteiger partial charge in [-0.3, -0.25) is 0 Å². The van der Waals surface area contributed by atoms with Crippen LogP contribution in [0.25, 0.3) is 22.9 Å². The minimum Gasteiger partial charge on any atom is -0.456 e. The first-order valence-electron chi connectivity index (χ1n) is 11.1. The van der Waals surface area contributed by atoms with E-state index >= 15 is 0 Å². The van der Waals surface area contributed by atoms with Crippen LogP contribution >= 0.6 is 15.9 Å². The maximum Gasteiger partial charge on any atom is 0.140 e. The predicted octanol–water partition coefficient (Wildman–Crippen LogP) is 8.57. The van der Waals surface area contributed by atoms with E-state index in [1.807, 2.05) is 0 Å². The van der Waals surface area contributed by atoms with E-state index in [1.165, 1.54) is 38.8 Å². The van der Waals surface area contributed by atoms with Gasteiger partial charge >= 0.3 is 0 Å². The Balaban J connectivity index is 1.74. The molecule has 1 heterocycles. The monoisotopic (exact) mass is 486 g/mol. The first kappa shape index (κ1) is 18.9. The highest BCUT2D eigenvalue weighted by Gasteiger charge is 2.48. The molecule has 0 saturated heterocycles. The van der Waals surface area contributed by atoms with E-state index in [9.17, 15) is 0 Å². The minimum absolute atomic E-state index is 0.496. The number of hydrogen-bond acceptors (Lipinski definition) is 1. The van der Waals surface area contributed by atoms with Crippen LogP contribution in [0, 0.1) is 0 Å². The number of ether oxygens (including phenoxy) is 1. The third-order valence-electron chi connectivity index (χ3n) is 7.01. The summed E-state index contributed by atoms with van der Waals surface area (Å²) >= 11 is 3.70. The van der Waals surface area contributed by atoms with Crippen LogP contribution in [0.4, 0.5) is 0 Å². The molecule has 1 spiro atoms. The number of para-hydroxylation sites is 1. The van der Waals surface area contributed by atoms with Gasteiger partial charge in [-0.15, -0.1) is 0 Å². The summed E-state index contributed by atoms with van der Waals surface area (Å²) in [5.74, 6) is 1.85. The first-order valence-corrected chi connectivity index (χ1v) is 11.9. The van der Waals surface area contributed by atoms with Crippen molar-refractivity contribution in [3.63, 3.8) is 0 Å². The van der Waals surface area contributed by atoms with Gasteiger partial charge in [0, 0.05) is 21.0 Å². The summed E-state index contributed by atoms with van der Waals surface area (Å²) in [6.07, 6.45) is 4.49. The Morgan fingerprint density at radius 1 is 0.576 bits per heavy atom. The molecule has 0 saturated carbocycles. The molecule has 156 valence electrons. The smallest absolute Gasteiger partial charge is 0.140 e. The molecule has 1 aliphatic heterocycles. The molecule has 2 heteroatoms. The lowest BCUT2D eigenvalue weighted by molar-refractivity contribution is 0.439. The highest BCUT2D eigenvalue weighted by molar-refractivity contribution is 9.10. The maximum absolute atomic E-state index is 6.68. The van der Waals surface area contributed by atoms with Gasteiger partial charge in [0.05, 0.1) is 5.41 Å².